The van der Waals surface area contributed by atoms with Gasteiger partial charge >= 0.3 is 6.16 Å². The van der Waals surface area contributed by atoms with E-state index in [1.54, 1.807) is 31.2 Å². The van der Waals surface area contributed by atoms with Crippen LogP contribution in [0.15, 0.2) is 66.7 Å². The molecule has 0 aliphatic carbocycles. The molecule has 0 saturated carbocycles. The summed E-state index contributed by atoms with van der Waals surface area (Å²) >= 11 is 0. The van der Waals surface area contributed by atoms with E-state index in [9.17, 15) is 24.6 Å². The third kappa shape index (κ3) is 6.73. The molecule has 0 bridgehead atoms. The molecule has 0 aliphatic rings. The van der Waals surface area contributed by atoms with E-state index in [1.807, 2.05) is 0 Å². The highest BCUT2D eigenvalue weighted by Gasteiger charge is 2.11. The third-order valence-corrected chi connectivity index (χ3v) is 4.38. The van der Waals surface area contributed by atoms with Crippen molar-refractivity contribution in [3.63, 3.8) is 0 Å². The van der Waals surface area contributed by atoms with Crippen LogP contribution in [0.25, 0.3) is 0 Å². The summed E-state index contributed by atoms with van der Waals surface area (Å²) in [7, 11) is 0. The monoisotopic (exact) mass is 450 g/mol. The lowest BCUT2D eigenvalue weighted by atomic mass is 10.1. The topological polar surface area (TPSA) is 134 Å². The van der Waals surface area contributed by atoms with Crippen molar-refractivity contribution in [2.45, 2.75) is 13.5 Å². The number of rotatable bonds is 7. The van der Waals surface area contributed by atoms with Gasteiger partial charge in [0.2, 0.25) is 0 Å². The first-order valence-corrected chi connectivity index (χ1v) is 10.00. The highest BCUT2D eigenvalue weighted by molar-refractivity contribution is 6.04. The summed E-state index contributed by atoms with van der Waals surface area (Å²) in [5.74, 6) is -1.02. The van der Waals surface area contributed by atoms with Gasteiger partial charge in [0.05, 0.1) is 6.61 Å². The number of amides is 2. The Hall–Kier alpha value is -4.53. The standard InChI is InChI=1S/C24H22N2O7/c1-2-32-24(31)33-21-8-6-16(7-9-21)23(30)26-18-5-3-4-15(10-18)14-25-22(29)17-11-19(27)13-20(28)12-17/h3-13,27-28H,2,14H2,1H3,(H,25,29)(H,26,30). The first kappa shape index (κ1) is 23.1. The Labute approximate surface area is 189 Å². The van der Waals surface area contributed by atoms with Crippen LogP contribution in [-0.4, -0.2) is 34.8 Å². The number of hydrogen-bond donors (Lipinski definition) is 4. The van der Waals surface area contributed by atoms with Gasteiger partial charge in [-0.2, -0.15) is 0 Å². The molecular weight excluding hydrogens is 428 g/mol. The van der Waals surface area contributed by atoms with E-state index in [4.69, 9.17) is 9.47 Å². The molecule has 0 heterocycles. The molecule has 0 saturated heterocycles. The molecule has 33 heavy (non-hydrogen) atoms. The second-order valence-electron chi connectivity index (χ2n) is 6.88. The van der Waals surface area contributed by atoms with E-state index < -0.39 is 12.1 Å². The zero-order valence-corrected chi connectivity index (χ0v) is 17.7. The lowest BCUT2D eigenvalue weighted by Gasteiger charge is -2.10. The molecule has 3 aromatic carbocycles. The van der Waals surface area contributed by atoms with Crippen LogP contribution in [0.2, 0.25) is 0 Å². The van der Waals surface area contributed by atoms with Crippen molar-refractivity contribution in [1.82, 2.24) is 5.32 Å². The number of carbonyl (C=O) groups excluding carboxylic acids is 3. The van der Waals surface area contributed by atoms with E-state index in [-0.39, 0.29) is 41.9 Å². The van der Waals surface area contributed by atoms with Gasteiger partial charge in [-0.1, -0.05) is 12.1 Å². The molecule has 3 rings (SSSR count). The van der Waals surface area contributed by atoms with Gasteiger partial charge < -0.3 is 30.3 Å². The van der Waals surface area contributed by atoms with Crippen LogP contribution < -0.4 is 15.4 Å². The van der Waals surface area contributed by atoms with Gasteiger partial charge in [-0.3, -0.25) is 9.59 Å². The van der Waals surface area contributed by atoms with Crippen LogP contribution in [0.5, 0.6) is 17.2 Å². The number of phenols is 2. The lowest BCUT2D eigenvalue weighted by molar-refractivity contribution is 0.0948. The van der Waals surface area contributed by atoms with Crippen molar-refractivity contribution in [1.29, 1.82) is 0 Å². The van der Waals surface area contributed by atoms with Crippen LogP contribution in [0, 0.1) is 0 Å². The highest BCUT2D eigenvalue weighted by Crippen LogP contribution is 2.20. The number of phenolic OH excluding ortho intramolecular Hbond substituents is 2. The molecule has 9 nitrogen and oxygen atoms in total. The van der Waals surface area contributed by atoms with E-state index >= 15 is 0 Å². The van der Waals surface area contributed by atoms with Crippen LogP contribution in [0.3, 0.4) is 0 Å². The maximum atomic E-state index is 12.5. The minimum Gasteiger partial charge on any atom is -0.508 e. The smallest absolute Gasteiger partial charge is 0.508 e. The van der Waals surface area contributed by atoms with Gasteiger partial charge in [0.15, 0.2) is 0 Å². The number of hydrogen-bond acceptors (Lipinski definition) is 7. The van der Waals surface area contributed by atoms with Gasteiger partial charge in [-0.15, -0.1) is 0 Å². The Morgan fingerprint density at radius 2 is 1.55 bits per heavy atom. The second-order valence-corrected chi connectivity index (χ2v) is 6.88. The average molecular weight is 450 g/mol. The SMILES string of the molecule is CCOC(=O)Oc1ccc(C(=O)Nc2cccc(CNC(=O)c3cc(O)cc(O)c3)c2)cc1. The number of aromatic hydroxyl groups is 2. The van der Waals surface area contributed by atoms with Gasteiger partial charge in [0, 0.05) is 29.4 Å². The fourth-order valence-electron chi connectivity index (χ4n) is 2.89. The molecule has 0 aliphatic heterocycles. The molecule has 2 amide bonds. The Bertz CT molecular complexity index is 1140. The normalized spacial score (nSPS) is 10.2. The highest BCUT2D eigenvalue weighted by atomic mass is 16.7. The van der Waals surface area contributed by atoms with Gasteiger partial charge in [0.1, 0.15) is 17.2 Å². The van der Waals surface area contributed by atoms with Crippen molar-refractivity contribution in [2.24, 2.45) is 0 Å². The largest absolute Gasteiger partial charge is 0.513 e. The average Bonchev–Trinajstić information content (AvgIpc) is 2.77. The van der Waals surface area contributed by atoms with Crippen molar-refractivity contribution in [3.05, 3.63) is 83.4 Å². The van der Waals surface area contributed by atoms with E-state index in [0.717, 1.165) is 11.6 Å². The molecule has 0 fully saturated rings. The maximum absolute atomic E-state index is 12.5. The molecule has 9 heteroatoms. The first-order valence-electron chi connectivity index (χ1n) is 10.00. The van der Waals surface area contributed by atoms with Gasteiger partial charge in [-0.05, 0) is 61.0 Å². The Kier molecular flexibility index (Phi) is 7.48. The lowest BCUT2D eigenvalue weighted by Crippen LogP contribution is -2.22. The fraction of sp³-hybridized carbons (Fsp3) is 0.125. The molecule has 0 aromatic heterocycles. The number of benzene rings is 3. The van der Waals surface area contributed by atoms with Crippen LogP contribution in [-0.2, 0) is 11.3 Å². The molecular formula is C24H22N2O7. The summed E-state index contributed by atoms with van der Waals surface area (Å²) in [6, 6.07) is 16.5. The summed E-state index contributed by atoms with van der Waals surface area (Å²) in [5.41, 5.74) is 1.72. The number of carbonyl (C=O) groups is 3. The van der Waals surface area contributed by atoms with Crippen molar-refractivity contribution < 1.29 is 34.1 Å². The van der Waals surface area contributed by atoms with E-state index in [2.05, 4.69) is 10.6 Å². The molecule has 170 valence electrons. The zero-order chi connectivity index (χ0) is 23.8. The van der Waals surface area contributed by atoms with Gasteiger partial charge in [-0.25, -0.2) is 4.79 Å². The van der Waals surface area contributed by atoms with Crippen LogP contribution in [0.4, 0.5) is 10.5 Å². The molecule has 4 N–H and O–H groups in total. The Morgan fingerprint density at radius 1 is 0.848 bits per heavy atom. The molecule has 0 unspecified atom stereocenters. The quantitative estimate of drug-likeness (QED) is 0.318. The predicted molar refractivity (Wildman–Crippen MR) is 119 cm³/mol. The van der Waals surface area contributed by atoms with E-state index in [0.29, 0.717) is 11.3 Å². The molecule has 0 atom stereocenters. The molecule has 0 spiro atoms. The molecule has 0 radical (unpaired) electrons. The third-order valence-electron chi connectivity index (χ3n) is 4.38. The number of nitrogens with one attached hydrogen (secondary N) is 2. The summed E-state index contributed by atoms with van der Waals surface area (Å²) in [6.07, 6.45) is -0.820. The number of ether oxygens (including phenoxy) is 2. The zero-order valence-electron chi connectivity index (χ0n) is 17.7. The number of anilines is 1. The first-order chi connectivity index (χ1) is 15.8. The summed E-state index contributed by atoms with van der Waals surface area (Å²) in [6.45, 7) is 2.03. The maximum Gasteiger partial charge on any atom is 0.513 e. The van der Waals surface area contributed by atoms with Crippen molar-refractivity contribution in [3.8, 4) is 17.2 Å². The Balaban J connectivity index is 1.58. The van der Waals surface area contributed by atoms with E-state index in [1.165, 1.54) is 36.4 Å². The van der Waals surface area contributed by atoms with Crippen LogP contribution >= 0.6 is 0 Å². The van der Waals surface area contributed by atoms with Crippen molar-refractivity contribution >= 4 is 23.7 Å². The van der Waals surface area contributed by atoms with Gasteiger partial charge in [0.25, 0.3) is 11.8 Å². The predicted octanol–water partition coefficient (Wildman–Crippen LogP) is 3.82. The minimum absolute atomic E-state index is 0.118. The summed E-state index contributed by atoms with van der Waals surface area (Å²) < 4.78 is 9.65. The second kappa shape index (κ2) is 10.7. The Morgan fingerprint density at radius 3 is 2.21 bits per heavy atom. The fourth-order valence-corrected chi connectivity index (χ4v) is 2.89. The summed E-state index contributed by atoms with van der Waals surface area (Å²) in [4.78, 5) is 36.1. The molecule has 3 aromatic rings. The minimum atomic E-state index is -0.820. The van der Waals surface area contributed by atoms with Crippen molar-refractivity contribution in [2.75, 3.05) is 11.9 Å². The van der Waals surface area contributed by atoms with Crippen LogP contribution in [0.1, 0.15) is 33.2 Å². The summed E-state index contributed by atoms with van der Waals surface area (Å²) in [5, 5.41) is 24.5.